The highest BCUT2D eigenvalue weighted by Gasteiger charge is 2.48. The molecule has 5 rings (SSSR count). The first-order valence-corrected chi connectivity index (χ1v) is 15.6. The summed E-state index contributed by atoms with van der Waals surface area (Å²) >= 11 is 0.937. The first kappa shape index (κ1) is 32.2. The summed E-state index contributed by atoms with van der Waals surface area (Å²) < 4.78 is 16.8. The van der Waals surface area contributed by atoms with Gasteiger partial charge in [0.15, 0.2) is 5.13 Å². The quantitative estimate of drug-likeness (QED) is 0.0575. The van der Waals surface area contributed by atoms with E-state index in [1.165, 1.54) is 11.0 Å². The summed E-state index contributed by atoms with van der Waals surface area (Å²) in [6.07, 6.45) is 2.28. The van der Waals surface area contributed by atoms with Crippen LogP contribution in [-0.2, 0) is 20.9 Å². The molecule has 1 unspecified atom stereocenters. The van der Waals surface area contributed by atoms with Gasteiger partial charge in [0.1, 0.15) is 35.3 Å². The van der Waals surface area contributed by atoms with Crippen molar-refractivity contribution in [2.24, 2.45) is 0 Å². The number of carbonyl (C=O) groups is 3. The summed E-state index contributed by atoms with van der Waals surface area (Å²) in [5.74, 6) is -1.52. The van der Waals surface area contributed by atoms with E-state index in [2.05, 4.69) is 11.6 Å². The lowest BCUT2D eigenvalue weighted by molar-refractivity contribution is -0.132. The predicted molar refractivity (Wildman–Crippen MR) is 176 cm³/mol. The fourth-order valence-electron chi connectivity index (χ4n) is 5.02. The number of amides is 1. The molecule has 10 heteroatoms. The molecule has 4 aromatic rings. The Hall–Kier alpha value is -5.22. The number of rotatable bonds is 12. The number of ether oxygens (including phenoxy) is 3. The standard InChI is InChI=1S/C36H34N2O7S/c1-5-18-43-27-14-10-25(11-15-27)30-29(31(39)26-12-16-28(17-13-26)45-21-24-9-7-8-22(3)20-24)32(40)34(41)38(30)36-37-23(4)33(46-36)35(42)44-19-6-2/h6-17,20,30,39H,2,5,18-19,21H2,1,3-4H3. The third-order valence-electron chi connectivity index (χ3n) is 7.24. The van der Waals surface area contributed by atoms with E-state index < -0.39 is 23.7 Å². The van der Waals surface area contributed by atoms with Gasteiger partial charge in [-0.05, 0) is 67.8 Å². The minimum atomic E-state index is -1.03. The highest BCUT2D eigenvalue weighted by Crippen LogP contribution is 2.44. The van der Waals surface area contributed by atoms with Crippen LogP contribution in [0.15, 0.2) is 91.0 Å². The molecular formula is C36H34N2O7S. The summed E-state index contributed by atoms with van der Waals surface area (Å²) in [5.41, 5.74) is 3.27. The maximum absolute atomic E-state index is 13.6. The second-order valence-electron chi connectivity index (χ2n) is 10.7. The molecule has 1 aliphatic rings. The van der Waals surface area contributed by atoms with Gasteiger partial charge in [-0.2, -0.15) is 0 Å². The molecule has 3 aromatic carbocycles. The number of benzene rings is 3. The Kier molecular flexibility index (Phi) is 9.97. The molecule has 1 atom stereocenters. The van der Waals surface area contributed by atoms with Gasteiger partial charge < -0.3 is 19.3 Å². The fourth-order valence-corrected chi connectivity index (χ4v) is 6.01. The van der Waals surface area contributed by atoms with E-state index in [9.17, 15) is 19.5 Å². The van der Waals surface area contributed by atoms with Crippen molar-refractivity contribution >= 4 is 39.9 Å². The van der Waals surface area contributed by atoms with Crippen LogP contribution in [0, 0.1) is 13.8 Å². The third kappa shape index (κ3) is 6.87. The number of esters is 1. The normalized spacial score (nSPS) is 15.5. The van der Waals surface area contributed by atoms with Crippen molar-refractivity contribution in [2.45, 2.75) is 39.8 Å². The number of hydrogen-bond acceptors (Lipinski definition) is 9. The molecule has 1 fully saturated rings. The van der Waals surface area contributed by atoms with Crippen molar-refractivity contribution < 1.29 is 33.7 Å². The molecular weight excluding hydrogens is 604 g/mol. The first-order chi connectivity index (χ1) is 22.2. The molecule has 1 N–H and O–H groups in total. The Morgan fingerprint density at radius 1 is 1.02 bits per heavy atom. The molecule has 1 aromatic heterocycles. The topological polar surface area (TPSA) is 115 Å². The van der Waals surface area contributed by atoms with Crippen LogP contribution in [0.5, 0.6) is 11.5 Å². The minimum absolute atomic E-state index is 0.0121. The van der Waals surface area contributed by atoms with Crippen molar-refractivity contribution in [1.82, 2.24) is 4.98 Å². The number of aromatic nitrogens is 1. The SMILES string of the molecule is C=CCOC(=O)c1sc(N2C(=O)C(=O)C(=C(O)c3ccc(OCc4cccc(C)c4)cc3)C2c2ccc(OCCC)cc2)nc1C. The largest absolute Gasteiger partial charge is 0.507 e. The van der Waals surface area contributed by atoms with Crippen molar-refractivity contribution in [3.05, 3.63) is 124 Å². The number of hydrogen-bond donors (Lipinski definition) is 1. The van der Waals surface area contributed by atoms with E-state index in [1.54, 1.807) is 55.5 Å². The number of carbonyl (C=O) groups excluding carboxylic acids is 3. The number of ketones is 1. The number of anilines is 1. The van der Waals surface area contributed by atoms with E-state index in [-0.39, 0.29) is 27.9 Å². The zero-order valence-corrected chi connectivity index (χ0v) is 26.6. The lowest BCUT2D eigenvalue weighted by Crippen LogP contribution is -2.29. The average Bonchev–Trinajstić information content (AvgIpc) is 3.57. The fraction of sp³-hybridized carbons (Fsp3) is 0.222. The number of aliphatic hydroxyl groups is 1. The highest BCUT2D eigenvalue weighted by molar-refractivity contribution is 7.17. The Labute approximate surface area is 271 Å². The average molecular weight is 639 g/mol. The van der Waals surface area contributed by atoms with Gasteiger partial charge in [-0.15, -0.1) is 0 Å². The van der Waals surface area contributed by atoms with Crippen LogP contribution in [0.2, 0.25) is 0 Å². The molecule has 0 spiro atoms. The molecule has 0 saturated carbocycles. The summed E-state index contributed by atoms with van der Waals surface area (Å²) in [6.45, 7) is 10.1. The second-order valence-corrected chi connectivity index (χ2v) is 11.7. The first-order valence-electron chi connectivity index (χ1n) is 14.8. The van der Waals surface area contributed by atoms with Crippen LogP contribution in [0.4, 0.5) is 5.13 Å². The second kappa shape index (κ2) is 14.3. The van der Waals surface area contributed by atoms with E-state index in [0.29, 0.717) is 41.5 Å². The number of thiazole rings is 1. The summed E-state index contributed by atoms with van der Waals surface area (Å²) in [6, 6.07) is 20.6. The third-order valence-corrected chi connectivity index (χ3v) is 8.37. The van der Waals surface area contributed by atoms with Crippen molar-refractivity contribution in [1.29, 1.82) is 0 Å². The van der Waals surface area contributed by atoms with Gasteiger partial charge in [0.05, 0.1) is 23.9 Å². The Morgan fingerprint density at radius 2 is 1.72 bits per heavy atom. The molecule has 1 amide bonds. The van der Waals surface area contributed by atoms with Gasteiger partial charge >= 0.3 is 11.9 Å². The molecule has 0 radical (unpaired) electrons. The Balaban J connectivity index is 1.52. The monoisotopic (exact) mass is 638 g/mol. The maximum Gasteiger partial charge on any atom is 0.350 e. The van der Waals surface area contributed by atoms with Crippen LogP contribution < -0.4 is 14.4 Å². The van der Waals surface area contributed by atoms with Gasteiger partial charge in [0, 0.05) is 5.56 Å². The van der Waals surface area contributed by atoms with E-state index in [4.69, 9.17) is 14.2 Å². The molecule has 0 bridgehead atoms. The number of aryl methyl sites for hydroxylation is 2. The number of Topliss-reactive ketones (excluding diaryl/α,β-unsaturated/α-hetero) is 1. The smallest absolute Gasteiger partial charge is 0.350 e. The molecule has 2 heterocycles. The summed E-state index contributed by atoms with van der Waals surface area (Å²) in [4.78, 5) is 45.8. The predicted octanol–water partition coefficient (Wildman–Crippen LogP) is 7.10. The summed E-state index contributed by atoms with van der Waals surface area (Å²) in [7, 11) is 0. The van der Waals surface area contributed by atoms with Crippen LogP contribution in [0.1, 0.15) is 57.0 Å². The van der Waals surface area contributed by atoms with Crippen LogP contribution >= 0.6 is 11.3 Å². The molecule has 0 aliphatic carbocycles. The van der Waals surface area contributed by atoms with E-state index in [0.717, 1.165) is 28.9 Å². The molecule has 46 heavy (non-hydrogen) atoms. The molecule has 1 aliphatic heterocycles. The number of aliphatic hydroxyl groups excluding tert-OH is 1. The van der Waals surface area contributed by atoms with Crippen LogP contribution in [0.25, 0.3) is 5.76 Å². The highest BCUT2D eigenvalue weighted by atomic mass is 32.1. The summed E-state index contributed by atoms with van der Waals surface area (Å²) in [5, 5.41) is 11.7. The van der Waals surface area contributed by atoms with Gasteiger partial charge in [-0.3, -0.25) is 14.5 Å². The Bertz CT molecular complexity index is 1790. The Morgan fingerprint density at radius 3 is 2.39 bits per heavy atom. The zero-order valence-electron chi connectivity index (χ0n) is 25.8. The lowest BCUT2D eigenvalue weighted by atomic mass is 9.95. The van der Waals surface area contributed by atoms with Crippen molar-refractivity contribution in [3.8, 4) is 11.5 Å². The van der Waals surface area contributed by atoms with Gasteiger partial charge in [0.2, 0.25) is 0 Å². The van der Waals surface area contributed by atoms with Crippen LogP contribution in [0.3, 0.4) is 0 Å². The molecule has 236 valence electrons. The van der Waals surface area contributed by atoms with Gasteiger partial charge in [-0.1, -0.05) is 72.9 Å². The molecule has 1 saturated heterocycles. The van der Waals surface area contributed by atoms with Crippen molar-refractivity contribution in [3.63, 3.8) is 0 Å². The van der Waals surface area contributed by atoms with Gasteiger partial charge in [-0.25, -0.2) is 9.78 Å². The van der Waals surface area contributed by atoms with Crippen LogP contribution in [-0.4, -0.2) is 41.0 Å². The molecule has 9 nitrogen and oxygen atoms in total. The lowest BCUT2D eigenvalue weighted by Gasteiger charge is -2.23. The number of nitrogens with zero attached hydrogens (tertiary/aromatic N) is 2. The van der Waals surface area contributed by atoms with E-state index >= 15 is 0 Å². The zero-order chi connectivity index (χ0) is 32.8. The minimum Gasteiger partial charge on any atom is -0.507 e. The maximum atomic E-state index is 13.6. The van der Waals surface area contributed by atoms with E-state index in [1.807, 2.05) is 38.1 Å². The van der Waals surface area contributed by atoms with Crippen molar-refractivity contribution in [2.75, 3.05) is 18.1 Å². The van der Waals surface area contributed by atoms with Gasteiger partial charge in [0.25, 0.3) is 5.78 Å².